The van der Waals surface area contributed by atoms with E-state index in [1.807, 2.05) is 0 Å². The number of carbonyl (C=O) groups excluding carboxylic acids is 2. The fraction of sp³-hybridized carbons (Fsp3) is 0.250. The molecule has 0 unspecified atom stereocenters. The van der Waals surface area contributed by atoms with Gasteiger partial charge in [-0.3, -0.25) is 4.79 Å². The molecule has 0 N–H and O–H groups in total. The summed E-state index contributed by atoms with van der Waals surface area (Å²) in [4.78, 5) is 20.3. The van der Waals surface area contributed by atoms with Gasteiger partial charge in [0.15, 0.2) is 6.29 Å². The van der Waals surface area contributed by atoms with Gasteiger partial charge in [0.1, 0.15) is 0 Å². The third kappa shape index (κ3) is 4.91. The zero-order valence-electron chi connectivity index (χ0n) is 6.38. The van der Waals surface area contributed by atoms with Crippen LogP contribution in [-0.2, 0) is 14.3 Å². The van der Waals surface area contributed by atoms with Crippen LogP contribution in [0.15, 0.2) is 11.6 Å². The van der Waals surface area contributed by atoms with Crippen molar-refractivity contribution in [1.82, 2.24) is 0 Å². The number of esters is 1. The number of carbonyl (C=O) groups is 2. The third-order valence-electron chi connectivity index (χ3n) is 0.864. The summed E-state index contributed by atoms with van der Waals surface area (Å²) in [6, 6.07) is 0. The van der Waals surface area contributed by atoms with E-state index in [9.17, 15) is 9.59 Å². The summed E-state index contributed by atoms with van der Waals surface area (Å²) in [6.07, 6.45) is 1.69. The highest BCUT2D eigenvalue weighted by atomic mass is 16.5. The molecule has 0 amide bonds. The summed E-state index contributed by atoms with van der Waals surface area (Å²) in [7, 11) is 1.28. The van der Waals surface area contributed by atoms with Crippen LogP contribution < -0.4 is 0 Å². The molecular weight excluding hydrogens is 144 g/mol. The number of allylic oxidation sites excluding steroid dienone is 1. The van der Waals surface area contributed by atoms with Crippen molar-refractivity contribution in [3.05, 3.63) is 11.6 Å². The Kier molecular flexibility index (Phi) is 4.50. The monoisotopic (exact) mass is 152 g/mol. The molecule has 0 aliphatic carbocycles. The van der Waals surface area contributed by atoms with Gasteiger partial charge in [0, 0.05) is 11.6 Å². The molecule has 0 heterocycles. The molecule has 0 aliphatic heterocycles. The molecule has 0 atom stereocenters. The van der Waals surface area contributed by atoms with Gasteiger partial charge in [-0.25, -0.2) is 4.79 Å². The van der Waals surface area contributed by atoms with Crippen LogP contribution in [0.1, 0.15) is 6.92 Å². The SMILES string of the molecule is COC(=O)/C=C(\C)C#CC=O. The number of aldehydes is 1. The van der Waals surface area contributed by atoms with Crippen molar-refractivity contribution < 1.29 is 14.3 Å². The molecule has 11 heavy (non-hydrogen) atoms. The number of hydrogen-bond donors (Lipinski definition) is 0. The van der Waals surface area contributed by atoms with Gasteiger partial charge < -0.3 is 4.74 Å². The smallest absolute Gasteiger partial charge is 0.331 e. The maximum Gasteiger partial charge on any atom is 0.331 e. The molecule has 58 valence electrons. The van der Waals surface area contributed by atoms with Gasteiger partial charge in [-0.05, 0) is 12.8 Å². The van der Waals surface area contributed by atoms with E-state index in [1.54, 1.807) is 6.92 Å². The second-order valence-corrected chi connectivity index (χ2v) is 1.74. The van der Waals surface area contributed by atoms with Crippen molar-refractivity contribution >= 4 is 12.3 Å². The van der Waals surface area contributed by atoms with Crippen LogP contribution in [0.2, 0.25) is 0 Å². The molecule has 0 rings (SSSR count). The van der Waals surface area contributed by atoms with E-state index in [2.05, 4.69) is 16.6 Å². The van der Waals surface area contributed by atoms with Crippen LogP contribution in [0, 0.1) is 11.8 Å². The first kappa shape index (κ1) is 9.44. The van der Waals surface area contributed by atoms with E-state index in [0.29, 0.717) is 11.9 Å². The van der Waals surface area contributed by atoms with Crippen LogP contribution in [-0.4, -0.2) is 19.4 Å². The number of rotatable bonds is 1. The van der Waals surface area contributed by atoms with Crippen LogP contribution >= 0.6 is 0 Å². The normalized spacial score (nSPS) is 9.45. The summed E-state index contributed by atoms with van der Waals surface area (Å²) < 4.78 is 4.33. The fourth-order valence-electron chi connectivity index (χ4n) is 0.415. The first-order valence-electron chi connectivity index (χ1n) is 2.92. The van der Waals surface area contributed by atoms with E-state index in [4.69, 9.17) is 0 Å². The van der Waals surface area contributed by atoms with Crippen molar-refractivity contribution in [2.24, 2.45) is 0 Å². The van der Waals surface area contributed by atoms with E-state index < -0.39 is 5.97 Å². The van der Waals surface area contributed by atoms with Crippen molar-refractivity contribution in [1.29, 1.82) is 0 Å². The minimum absolute atomic E-state index is 0.467. The first-order chi connectivity index (χ1) is 5.20. The number of ether oxygens (including phenoxy) is 1. The average Bonchev–Trinajstić information content (AvgIpc) is 2.00. The minimum Gasteiger partial charge on any atom is -0.466 e. The van der Waals surface area contributed by atoms with Gasteiger partial charge in [-0.15, -0.1) is 0 Å². The Labute approximate surface area is 65.0 Å². The van der Waals surface area contributed by atoms with E-state index in [1.165, 1.54) is 13.2 Å². The summed E-state index contributed by atoms with van der Waals surface area (Å²) in [5.74, 6) is 4.14. The first-order valence-corrected chi connectivity index (χ1v) is 2.92. The average molecular weight is 152 g/mol. The van der Waals surface area contributed by atoms with E-state index in [0.717, 1.165) is 0 Å². The predicted octanol–water partition coefficient (Wildman–Crippen LogP) is 0.308. The molecule has 0 bridgehead atoms. The highest BCUT2D eigenvalue weighted by molar-refractivity contribution is 5.84. The van der Waals surface area contributed by atoms with Crippen molar-refractivity contribution in [2.75, 3.05) is 7.11 Å². The summed E-state index contributed by atoms with van der Waals surface area (Å²) in [5, 5.41) is 0. The largest absolute Gasteiger partial charge is 0.466 e. The van der Waals surface area contributed by atoms with Crippen LogP contribution in [0.5, 0.6) is 0 Å². The topological polar surface area (TPSA) is 43.4 Å². The minimum atomic E-state index is -0.470. The van der Waals surface area contributed by atoms with Crippen molar-refractivity contribution in [2.45, 2.75) is 6.92 Å². The molecular formula is C8H8O3. The lowest BCUT2D eigenvalue weighted by molar-refractivity contribution is -0.134. The molecule has 0 radical (unpaired) electrons. The van der Waals surface area contributed by atoms with Gasteiger partial charge >= 0.3 is 5.97 Å². The summed E-state index contributed by atoms with van der Waals surface area (Å²) in [5.41, 5.74) is 0.504. The fourth-order valence-corrected chi connectivity index (χ4v) is 0.415. The van der Waals surface area contributed by atoms with Gasteiger partial charge in [0.25, 0.3) is 0 Å². The Morgan fingerprint density at radius 3 is 2.64 bits per heavy atom. The highest BCUT2D eigenvalue weighted by Gasteiger charge is 1.91. The lowest BCUT2D eigenvalue weighted by Crippen LogP contribution is -1.94. The summed E-state index contributed by atoms with van der Waals surface area (Å²) in [6.45, 7) is 1.62. The highest BCUT2D eigenvalue weighted by Crippen LogP contribution is 1.89. The van der Waals surface area contributed by atoms with Crippen LogP contribution in [0.4, 0.5) is 0 Å². The lowest BCUT2D eigenvalue weighted by Gasteiger charge is -1.89. The zero-order chi connectivity index (χ0) is 8.69. The molecule has 3 heteroatoms. The molecule has 0 saturated heterocycles. The van der Waals surface area contributed by atoms with E-state index >= 15 is 0 Å². The molecule has 0 fully saturated rings. The van der Waals surface area contributed by atoms with Gasteiger partial charge in [-0.2, -0.15) is 0 Å². The second-order valence-electron chi connectivity index (χ2n) is 1.74. The number of methoxy groups -OCH3 is 1. The Morgan fingerprint density at radius 2 is 2.18 bits per heavy atom. The van der Waals surface area contributed by atoms with Gasteiger partial charge in [-0.1, -0.05) is 5.92 Å². The maximum atomic E-state index is 10.5. The van der Waals surface area contributed by atoms with Crippen LogP contribution in [0.25, 0.3) is 0 Å². The maximum absolute atomic E-state index is 10.5. The predicted molar refractivity (Wildman–Crippen MR) is 39.6 cm³/mol. The van der Waals surface area contributed by atoms with Crippen molar-refractivity contribution in [3.63, 3.8) is 0 Å². The third-order valence-corrected chi connectivity index (χ3v) is 0.864. The molecule has 0 aromatic rings. The molecule has 0 saturated carbocycles. The van der Waals surface area contributed by atoms with Crippen molar-refractivity contribution in [3.8, 4) is 11.8 Å². The van der Waals surface area contributed by atoms with Gasteiger partial charge in [0.2, 0.25) is 0 Å². The molecule has 0 spiro atoms. The molecule has 0 aromatic heterocycles. The second kappa shape index (κ2) is 5.24. The molecule has 3 nitrogen and oxygen atoms in total. The quantitative estimate of drug-likeness (QED) is 0.235. The molecule has 0 aliphatic rings. The Bertz CT molecular complexity index is 240. The Morgan fingerprint density at radius 1 is 1.55 bits per heavy atom. The standard InChI is InChI=1S/C8H8O3/c1-7(4-3-5-9)6-8(10)11-2/h5-6H,1-2H3/b7-6+. The Hall–Kier alpha value is -1.56. The Balaban J connectivity index is 4.21. The van der Waals surface area contributed by atoms with E-state index in [-0.39, 0.29) is 0 Å². The summed E-state index contributed by atoms with van der Waals surface area (Å²) >= 11 is 0. The van der Waals surface area contributed by atoms with Gasteiger partial charge in [0.05, 0.1) is 7.11 Å². The lowest BCUT2D eigenvalue weighted by atomic mass is 10.3. The molecule has 0 aromatic carbocycles. The number of hydrogen-bond acceptors (Lipinski definition) is 3. The van der Waals surface area contributed by atoms with Crippen LogP contribution in [0.3, 0.4) is 0 Å². The zero-order valence-corrected chi connectivity index (χ0v) is 6.38.